The number of rotatable bonds is 4. The standard InChI is InChI=1S/C14H14O5S/c1-2-14(13(18)19)5-9(15)11(10(16)6-14)12(17)8-3-4-20-7-8/h3-4,7,11H,2,5-6H2,1H3,(H,18,19). The van der Waals surface area contributed by atoms with Crippen molar-refractivity contribution in [3.8, 4) is 0 Å². The number of carbonyl (C=O) groups excluding carboxylic acids is 3. The van der Waals surface area contributed by atoms with Gasteiger partial charge in [-0.3, -0.25) is 19.2 Å². The van der Waals surface area contributed by atoms with E-state index in [4.69, 9.17) is 0 Å². The highest BCUT2D eigenvalue weighted by Crippen LogP contribution is 2.39. The van der Waals surface area contributed by atoms with Gasteiger partial charge in [0.25, 0.3) is 0 Å². The molecule has 1 aliphatic rings. The summed E-state index contributed by atoms with van der Waals surface area (Å²) in [5.74, 6) is -4.16. The Hall–Kier alpha value is -1.82. The molecule has 0 unspecified atom stereocenters. The first-order valence-corrected chi connectivity index (χ1v) is 7.21. The molecule has 1 heterocycles. The number of carboxylic acids is 1. The molecule has 1 aromatic rings. The maximum Gasteiger partial charge on any atom is 0.310 e. The molecule has 0 radical (unpaired) electrons. The van der Waals surface area contributed by atoms with Gasteiger partial charge >= 0.3 is 5.97 Å². The van der Waals surface area contributed by atoms with Crippen LogP contribution in [0.5, 0.6) is 0 Å². The molecule has 1 fully saturated rings. The lowest BCUT2D eigenvalue weighted by atomic mass is 9.66. The minimum Gasteiger partial charge on any atom is -0.481 e. The van der Waals surface area contributed by atoms with Gasteiger partial charge < -0.3 is 5.11 Å². The Labute approximate surface area is 119 Å². The Kier molecular flexibility index (Phi) is 3.85. The molecule has 106 valence electrons. The fourth-order valence-corrected chi connectivity index (χ4v) is 3.17. The number of Topliss-reactive ketones (excluding diaryl/α,β-unsaturated/α-hetero) is 3. The number of hydrogen-bond donors (Lipinski definition) is 1. The van der Waals surface area contributed by atoms with Gasteiger partial charge in [0, 0.05) is 23.8 Å². The smallest absolute Gasteiger partial charge is 0.310 e. The largest absolute Gasteiger partial charge is 0.481 e. The second kappa shape index (κ2) is 5.28. The van der Waals surface area contributed by atoms with Crippen molar-refractivity contribution in [3.05, 3.63) is 22.4 Å². The molecular formula is C14H14O5S. The highest BCUT2D eigenvalue weighted by Gasteiger charge is 2.51. The van der Waals surface area contributed by atoms with Crippen molar-refractivity contribution in [2.24, 2.45) is 11.3 Å². The Morgan fingerprint density at radius 2 is 1.95 bits per heavy atom. The van der Waals surface area contributed by atoms with Crippen LogP contribution in [0.1, 0.15) is 36.5 Å². The van der Waals surface area contributed by atoms with Crippen LogP contribution in [0.2, 0.25) is 0 Å². The van der Waals surface area contributed by atoms with E-state index in [-0.39, 0.29) is 19.3 Å². The van der Waals surface area contributed by atoms with Crippen molar-refractivity contribution in [1.82, 2.24) is 0 Å². The van der Waals surface area contributed by atoms with E-state index < -0.39 is 34.7 Å². The van der Waals surface area contributed by atoms with Crippen molar-refractivity contribution in [1.29, 1.82) is 0 Å². The van der Waals surface area contributed by atoms with Crippen LogP contribution in [-0.2, 0) is 14.4 Å². The van der Waals surface area contributed by atoms with Crippen LogP contribution in [0.3, 0.4) is 0 Å². The maximum atomic E-state index is 12.2. The number of ketones is 3. The molecular weight excluding hydrogens is 280 g/mol. The Morgan fingerprint density at radius 1 is 1.35 bits per heavy atom. The van der Waals surface area contributed by atoms with E-state index in [9.17, 15) is 24.3 Å². The average molecular weight is 294 g/mol. The number of hydrogen-bond acceptors (Lipinski definition) is 5. The van der Waals surface area contributed by atoms with E-state index in [1.54, 1.807) is 23.8 Å². The minimum atomic E-state index is -1.35. The van der Waals surface area contributed by atoms with Crippen LogP contribution in [-0.4, -0.2) is 28.4 Å². The predicted octanol–water partition coefficient (Wildman–Crippen LogP) is 1.96. The third kappa shape index (κ3) is 2.31. The fraction of sp³-hybridized carbons (Fsp3) is 0.429. The van der Waals surface area contributed by atoms with Gasteiger partial charge in [-0.25, -0.2) is 0 Å². The molecule has 0 saturated heterocycles. The number of thiophene rings is 1. The van der Waals surface area contributed by atoms with Crippen LogP contribution in [0.4, 0.5) is 0 Å². The van der Waals surface area contributed by atoms with Crippen LogP contribution < -0.4 is 0 Å². The molecule has 6 heteroatoms. The zero-order valence-corrected chi connectivity index (χ0v) is 11.7. The van der Waals surface area contributed by atoms with E-state index in [1.165, 1.54) is 11.3 Å². The lowest BCUT2D eigenvalue weighted by molar-refractivity contribution is -0.158. The summed E-state index contributed by atoms with van der Waals surface area (Å²) in [6, 6.07) is 1.56. The summed E-state index contributed by atoms with van der Waals surface area (Å²) in [6.45, 7) is 1.63. The van der Waals surface area contributed by atoms with E-state index in [1.807, 2.05) is 0 Å². The highest BCUT2D eigenvalue weighted by molar-refractivity contribution is 7.08. The molecule has 5 nitrogen and oxygen atoms in total. The van der Waals surface area contributed by atoms with E-state index in [0.29, 0.717) is 5.56 Å². The molecule has 1 saturated carbocycles. The lowest BCUT2D eigenvalue weighted by Gasteiger charge is -2.33. The normalized spacial score (nSPS) is 26.6. The summed E-state index contributed by atoms with van der Waals surface area (Å²) >= 11 is 1.31. The van der Waals surface area contributed by atoms with Crippen molar-refractivity contribution < 1.29 is 24.3 Å². The van der Waals surface area contributed by atoms with E-state index in [2.05, 4.69) is 0 Å². The molecule has 0 atom stereocenters. The Bertz CT molecular complexity index is 554. The number of aliphatic carboxylic acids is 1. The van der Waals surface area contributed by atoms with Crippen molar-refractivity contribution in [2.75, 3.05) is 0 Å². The van der Waals surface area contributed by atoms with Gasteiger partial charge in [0.15, 0.2) is 17.3 Å². The quantitative estimate of drug-likeness (QED) is 0.677. The topological polar surface area (TPSA) is 88.5 Å². The van der Waals surface area contributed by atoms with Crippen molar-refractivity contribution >= 4 is 34.7 Å². The second-order valence-corrected chi connectivity index (χ2v) is 5.81. The second-order valence-electron chi connectivity index (χ2n) is 5.03. The Morgan fingerprint density at radius 3 is 2.35 bits per heavy atom. The van der Waals surface area contributed by atoms with E-state index in [0.717, 1.165) is 0 Å². The van der Waals surface area contributed by atoms with Crippen molar-refractivity contribution in [2.45, 2.75) is 26.2 Å². The predicted molar refractivity (Wildman–Crippen MR) is 71.7 cm³/mol. The summed E-state index contributed by atoms with van der Waals surface area (Å²) in [5.41, 5.74) is -1.01. The third-order valence-corrected chi connectivity index (χ3v) is 4.55. The first kappa shape index (κ1) is 14.6. The van der Waals surface area contributed by atoms with Crippen LogP contribution in [0.15, 0.2) is 16.8 Å². The molecule has 20 heavy (non-hydrogen) atoms. The number of carbonyl (C=O) groups is 4. The summed E-state index contributed by atoms with van der Waals surface area (Å²) < 4.78 is 0. The minimum absolute atomic E-state index is 0.194. The summed E-state index contributed by atoms with van der Waals surface area (Å²) in [6.07, 6.45) is -0.324. The first-order valence-electron chi connectivity index (χ1n) is 6.26. The van der Waals surface area contributed by atoms with Crippen LogP contribution >= 0.6 is 11.3 Å². The van der Waals surface area contributed by atoms with Gasteiger partial charge in [-0.15, -0.1) is 0 Å². The van der Waals surface area contributed by atoms with Gasteiger partial charge in [0.05, 0.1) is 5.41 Å². The molecule has 1 N–H and O–H groups in total. The molecule has 1 aliphatic carbocycles. The first-order chi connectivity index (χ1) is 9.41. The van der Waals surface area contributed by atoms with E-state index >= 15 is 0 Å². The monoisotopic (exact) mass is 294 g/mol. The molecule has 0 spiro atoms. The molecule has 0 aliphatic heterocycles. The van der Waals surface area contributed by atoms with Gasteiger partial charge in [-0.2, -0.15) is 11.3 Å². The SMILES string of the molecule is CCC1(C(=O)O)CC(=O)C(C(=O)c2ccsc2)C(=O)C1. The summed E-state index contributed by atoms with van der Waals surface area (Å²) in [5, 5.41) is 12.5. The maximum absolute atomic E-state index is 12.2. The van der Waals surface area contributed by atoms with Crippen LogP contribution in [0, 0.1) is 11.3 Å². The van der Waals surface area contributed by atoms with Gasteiger partial charge in [0.2, 0.25) is 0 Å². The molecule has 0 aromatic carbocycles. The fourth-order valence-electron chi connectivity index (χ4n) is 2.53. The van der Waals surface area contributed by atoms with Crippen LogP contribution in [0.25, 0.3) is 0 Å². The lowest BCUT2D eigenvalue weighted by Crippen LogP contribution is -2.47. The highest BCUT2D eigenvalue weighted by atomic mass is 32.1. The summed E-state index contributed by atoms with van der Waals surface area (Å²) in [4.78, 5) is 47.7. The summed E-state index contributed by atoms with van der Waals surface area (Å²) in [7, 11) is 0. The average Bonchev–Trinajstić information content (AvgIpc) is 2.91. The van der Waals surface area contributed by atoms with Gasteiger partial charge in [0.1, 0.15) is 5.92 Å². The van der Waals surface area contributed by atoms with Crippen molar-refractivity contribution in [3.63, 3.8) is 0 Å². The zero-order chi connectivity index (χ0) is 14.9. The van der Waals surface area contributed by atoms with Gasteiger partial charge in [-0.1, -0.05) is 6.92 Å². The number of carboxylic acid groups (broad SMARTS) is 1. The molecule has 2 rings (SSSR count). The molecule has 0 amide bonds. The van der Waals surface area contributed by atoms with Gasteiger partial charge in [-0.05, 0) is 17.9 Å². The third-order valence-electron chi connectivity index (χ3n) is 3.87. The molecule has 0 bridgehead atoms. The zero-order valence-electron chi connectivity index (χ0n) is 10.9. The Balaban J connectivity index is 2.29. The molecule has 1 aromatic heterocycles.